The number of aromatic nitrogens is 3. The van der Waals surface area contributed by atoms with Crippen LogP contribution in [-0.4, -0.2) is 46.3 Å². The lowest BCUT2D eigenvalue weighted by Crippen LogP contribution is -2.25. The van der Waals surface area contributed by atoms with Gasteiger partial charge in [0.25, 0.3) is 0 Å². The molecular weight excluding hydrogens is 621 g/mol. The number of hydrogen-bond donors (Lipinski definition) is 2. The van der Waals surface area contributed by atoms with E-state index >= 15 is 0 Å². The molecule has 1 aliphatic heterocycles. The molecule has 0 radical (unpaired) electrons. The van der Waals surface area contributed by atoms with Crippen LogP contribution in [0.1, 0.15) is 56.2 Å². The highest BCUT2D eigenvalue weighted by molar-refractivity contribution is 6.39. The Hall–Kier alpha value is -3.85. The number of halogens is 2. The Balaban J connectivity index is 1.17. The number of ketones is 1. The number of carbonyl (C=O) groups is 2. The molecular formula is C36H37Cl2N5O3. The van der Waals surface area contributed by atoms with Gasteiger partial charge in [0.15, 0.2) is 0 Å². The first-order chi connectivity index (χ1) is 22.4. The molecule has 10 heteroatoms. The summed E-state index contributed by atoms with van der Waals surface area (Å²) in [5.74, 6) is 1.48. The molecule has 2 fully saturated rings. The second-order valence-corrected chi connectivity index (χ2v) is 12.8. The Bertz CT molecular complexity index is 1730. The third-order valence-corrected chi connectivity index (χ3v) is 9.66. The minimum absolute atomic E-state index is 0.141. The second-order valence-electron chi connectivity index (χ2n) is 12.1. The van der Waals surface area contributed by atoms with Crippen LogP contribution in [0, 0.1) is 5.92 Å². The third kappa shape index (κ3) is 7.41. The molecule has 0 spiro atoms. The number of aryl methyl sites for hydroxylation is 1. The van der Waals surface area contributed by atoms with Crippen molar-refractivity contribution in [3.8, 4) is 39.5 Å². The van der Waals surface area contributed by atoms with Crippen molar-refractivity contribution in [1.82, 2.24) is 25.6 Å². The van der Waals surface area contributed by atoms with Gasteiger partial charge in [-0.1, -0.05) is 65.7 Å². The molecule has 2 atom stereocenters. The smallest absolute Gasteiger partial charge is 0.220 e. The molecule has 2 aromatic carbocycles. The normalized spacial score (nSPS) is 17.8. The highest BCUT2D eigenvalue weighted by atomic mass is 35.5. The van der Waals surface area contributed by atoms with E-state index in [1.165, 1.54) is 0 Å². The van der Waals surface area contributed by atoms with E-state index in [4.69, 9.17) is 32.9 Å². The minimum atomic E-state index is 0.141. The zero-order chi connectivity index (χ0) is 32.0. The van der Waals surface area contributed by atoms with Crippen molar-refractivity contribution < 1.29 is 14.3 Å². The standard InChI is InChI=1S/C36H37Cl2N5O3/c1-46-36-23(5-2-6-24-13-16-33(45)42-24)12-15-31(43-36)29-9-3-7-27(34(29)37)28-8-4-10-30(35(28)38)32-21-40-25(20-41-32)19-39-18-22-11-14-26(44)17-22/h3-4,7-10,12,15,20-22,24,39H,2,5-6,11,13-14,16-19H2,1H3,(H,42,45)/t22-,24-/m1/s1. The first-order valence-electron chi connectivity index (χ1n) is 15.8. The number of methoxy groups -OCH3 is 1. The molecule has 2 aromatic heterocycles. The quantitative estimate of drug-likeness (QED) is 0.165. The van der Waals surface area contributed by atoms with Crippen LogP contribution < -0.4 is 15.4 Å². The Morgan fingerprint density at radius 1 is 0.891 bits per heavy atom. The molecule has 1 saturated heterocycles. The zero-order valence-corrected chi connectivity index (χ0v) is 27.3. The van der Waals surface area contributed by atoms with E-state index in [0.29, 0.717) is 64.8 Å². The molecule has 1 aliphatic carbocycles. The van der Waals surface area contributed by atoms with Gasteiger partial charge >= 0.3 is 0 Å². The summed E-state index contributed by atoms with van der Waals surface area (Å²) in [6, 6.07) is 15.9. The fraction of sp³-hybridized carbons (Fsp3) is 0.361. The molecule has 1 amide bonds. The van der Waals surface area contributed by atoms with E-state index in [1.54, 1.807) is 19.5 Å². The first-order valence-corrected chi connectivity index (χ1v) is 16.6. The van der Waals surface area contributed by atoms with Crippen LogP contribution in [0.25, 0.3) is 33.6 Å². The number of pyridine rings is 1. The summed E-state index contributed by atoms with van der Waals surface area (Å²) in [7, 11) is 1.63. The first kappa shape index (κ1) is 32.1. The molecule has 2 aliphatic rings. The topological polar surface area (TPSA) is 106 Å². The SMILES string of the molecule is COc1nc(-c2cccc(-c3cccc(-c4cnc(CNC[C@@H]5CCC(=O)C5)cn4)c3Cl)c2Cl)ccc1CCC[C@@H]1CCC(=O)N1. The molecule has 6 rings (SSSR count). The highest BCUT2D eigenvalue weighted by Gasteiger charge is 2.22. The number of benzene rings is 2. The van der Waals surface area contributed by atoms with Gasteiger partial charge in [-0.3, -0.25) is 19.6 Å². The maximum absolute atomic E-state index is 11.5. The summed E-state index contributed by atoms with van der Waals surface area (Å²) in [6.07, 6.45) is 10.0. The van der Waals surface area contributed by atoms with E-state index in [-0.39, 0.29) is 11.9 Å². The number of Topliss-reactive ketones (excluding diaryl/α,β-unsaturated/α-hetero) is 1. The predicted molar refractivity (Wildman–Crippen MR) is 181 cm³/mol. The van der Waals surface area contributed by atoms with E-state index in [9.17, 15) is 9.59 Å². The molecule has 1 saturated carbocycles. The number of rotatable bonds is 12. The number of nitrogens with one attached hydrogen (secondary N) is 2. The fourth-order valence-electron chi connectivity index (χ4n) is 6.35. The van der Waals surface area contributed by atoms with Crippen molar-refractivity contribution in [1.29, 1.82) is 0 Å². The molecule has 0 bridgehead atoms. The van der Waals surface area contributed by atoms with E-state index < -0.39 is 0 Å². The average Bonchev–Trinajstić information content (AvgIpc) is 3.69. The van der Waals surface area contributed by atoms with Crippen molar-refractivity contribution in [3.63, 3.8) is 0 Å². The highest BCUT2D eigenvalue weighted by Crippen LogP contribution is 2.42. The van der Waals surface area contributed by atoms with Crippen molar-refractivity contribution in [3.05, 3.63) is 82.2 Å². The van der Waals surface area contributed by atoms with Crippen LogP contribution in [0.15, 0.2) is 60.9 Å². The summed E-state index contributed by atoms with van der Waals surface area (Å²) >= 11 is 14.1. The summed E-state index contributed by atoms with van der Waals surface area (Å²) in [5, 5.41) is 7.51. The van der Waals surface area contributed by atoms with Gasteiger partial charge in [-0.25, -0.2) is 4.98 Å². The van der Waals surface area contributed by atoms with Crippen LogP contribution in [-0.2, 0) is 22.6 Å². The van der Waals surface area contributed by atoms with Crippen LogP contribution in [0.3, 0.4) is 0 Å². The maximum Gasteiger partial charge on any atom is 0.220 e. The lowest BCUT2D eigenvalue weighted by molar-refractivity contribution is -0.119. The Kier molecular flexibility index (Phi) is 10.3. The minimum Gasteiger partial charge on any atom is -0.481 e. The van der Waals surface area contributed by atoms with Crippen molar-refractivity contribution in [2.45, 2.75) is 64.0 Å². The molecule has 3 heterocycles. The summed E-state index contributed by atoms with van der Waals surface area (Å²) in [4.78, 5) is 37.1. The molecule has 2 N–H and O–H groups in total. The predicted octanol–water partition coefficient (Wildman–Crippen LogP) is 7.25. The monoisotopic (exact) mass is 657 g/mol. The zero-order valence-electron chi connectivity index (χ0n) is 25.8. The summed E-state index contributed by atoms with van der Waals surface area (Å²) in [5.41, 5.74) is 6.33. The Morgan fingerprint density at radius 3 is 2.26 bits per heavy atom. The summed E-state index contributed by atoms with van der Waals surface area (Å²) in [6.45, 7) is 1.39. The summed E-state index contributed by atoms with van der Waals surface area (Å²) < 4.78 is 5.67. The number of hydrogen-bond acceptors (Lipinski definition) is 7. The average molecular weight is 659 g/mol. The number of ether oxygens (including phenoxy) is 1. The lowest BCUT2D eigenvalue weighted by atomic mass is 9.98. The van der Waals surface area contributed by atoms with Gasteiger partial charge in [-0.05, 0) is 50.6 Å². The van der Waals surface area contributed by atoms with Crippen LogP contribution in [0.4, 0.5) is 0 Å². The van der Waals surface area contributed by atoms with Gasteiger partial charge in [0.2, 0.25) is 11.8 Å². The van der Waals surface area contributed by atoms with Crippen LogP contribution >= 0.6 is 23.2 Å². The van der Waals surface area contributed by atoms with Gasteiger partial charge in [0.05, 0.1) is 46.6 Å². The van der Waals surface area contributed by atoms with E-state index in [0.717, 1.165) is 72.2 Å². The van der Waals surface area contributed by atoms with E-state index in [1.807, 2.05) is 48.5 Å². The number of carbonyl (C=O) groups excluding carboxylic acids is 2. The molecule has 238 valence electrons. The maximum atomic E-state index is 11.5. The number of nitrogens with zero attached hydrogens (tertiary/aromatic N) is 3. The van der Waals surface area contributed by atoms with Gasteiger partial charge in [-0.2, -0.15) is 0 Å². The van der Waals surface area contributed by atoms with Crippen molar-refractivity contribution >= 4 is 34.9 Å². The molecule has 0 unspecified atom stereocenters. The van der Waals surface area contributed by atoms with Gasteiger partial charge in [0, 0.05) is 59.7 Å². The van der Waals surface area contributed by atoms with Gasteiger partial charge in [-0.15, -0.1) is 0 Å². The third-order valence-electron chi connectivity index (χ3n) is 8.85. The van der Waals surface area contributed by atoms with E-state index in [2.05, 4.69) is 20.6 Å². The van der Waals surface area contributed by atoms with Crippen LogP contribution in [0.2, 0.25) is 10.0 Å². The van der Waals surface area contributed by atoms with Crippen molar-refractivity contribution in [2.75, 3.05) is 13.7 Å². The largest absolute Gasteiger partial charge is 0.481 e. The second kappa shape index (κ2) is 14.7. The Labute approximate surface area is 279 Å². The van der Waals surface area contributed by atoms with Gasteiger partial charge < -0.3 is 15.4 Å². The van der Waals surface area contributed by atoms with Crippen molar-refractivity contribution in [2.24, 2.45) is 5.92 Å². The molecule has 8 nitrogen and oxygen atoms in total. The molecule has 4 aromatic rings. The van der Waals surface area contributed by atoms with Crippen LogP contribution in [0.5, 0.6) is 5.88 Å². The molecule has 46 heavy (non-hydrogen) atoms. The Morgan fingerprint density at radius 2 is 1.63 bits per heavy atom. The number of amides is 1. The van der Waals surface area contributed by atoms with Gasteiger partial charge in [0.1, 0.15) is 5.78 Å². The fourth-order valence-corrected chi connectivity index (χ4v) is 7.00. The lowest BCUT2D eigenvalue weighted by Gasteiger charge is -2.15.